The summed E-state index contributed by atoms with van der Waals surface area (Å²) in [6.45, 7) is 2.91. The first-order chi connectivity index (χ1) is 13.9. The van der Waals surface area contributed by atoms with Gasteiger partial charge in [-0.1, -0.05) is 0 Å². The average molecular weight is 403 g/mol. The van der Waals surface area contributed by atoms with Gasteiger partial charge in [-0.3, -0.25) is 15.0 Å². The van der Waals surface area contributed by atoms with E-state index in [1.807, 2.05) is 0 Å². The number of benzene rings is 2. The highest BCUT2D eigenvalue weighted by Gasteiger charge is 2.16. The van der Waals surface area contributed by atoms with Crippen molar-refractivity contribution < 1.29 is 18.9 Å². The molecule has 0 spiro atoms. The molecule has 4 amide bonds. The smallest absolute Gasteiger partial charge is 0.326 e. The standard InChI is InChI=1S/C19H22FN5O4/c1-2-21-18(26)22-12-3-13-24(16-8-4-14(20)5-9-16)19(27)23-15-6-10-17(11-7-15)25(28)29/h4-11H,2-3,12-13H2,1H3,(H,23,27)(H2,21,22,26). The van der Waals surface area contributed by atoms with Crippen molar-refractivity contribution in [2.45, 2.75) is 13.3 Å². The fraction of sp³-hybridized carbons (Fsp3) is 0.263. The second-order valence-electron chi connectivity index (χ2n) is 6.00. The molecule has 0 aliphatic carbocycles. The molecular weight excluding hydrogens is 381 g/mol. The highest BCUT2D eigenvalue weighted by molar-refractivity contribution is 6.01. The zero-order valence-electron chi connectivity index (χ0n) is 15.9. The van der Waals surface area contributed by atoms with Gasteiger partial charge in [0.25, 0.3) is 5.69 Å². The third-order valence-corrected chi connectivity index (χ3v) is 3.89. The molecule has 0 bridgehead atoms. The molecule has 0 saturated heterocycles. The van der Waals surface area contributed by atoms with E-state index in [-0.39, 0.29) is 18.3 Å². The number of rotatable bonds is 8. The number of halogens is 1. The van der Waals surface area contributed by atoms with E-state index in [0.29, 0.717) is 30.9 Å². The van der Waals surface area contributed by atoms with Crippen molar-refractivity contribution in [2.24, 2.45) is 0 Å². The van der Waals surface area contributed by atoms with Gasteiger partial charge in [0.2, 0.25) is 0 Å². The van der Waals surface area contributed by atoms with Crippen LogP contribution in [0.2, 0.25) is 0 Å². The predicted molar refractivity (Wildman–Crippen MR) is 108 cm³/mol. The Morgan fingerprint density at radius 3 is 2.31 bits per heavy atom. The lowest BCUT2D eigenvalue weighted by molar-refractivity contribution is -0.384. The molecule has 0 atom stereocenters. The zero-order valence-corrected chi connectivity index (χ0v) is 15.9. The average Bonchev–Trinajstić information content (AvgIpc) is 2.69. The van der Waals surface area contributed by atoms with Crippen LogP contribution in [0.1, 0.15) is 13.3 Å². The van der Waals surface area contributed by atoms with Crippen molar-refractivity contribution in [3.8, 4) is 0 Å². The molecule has 2 aromatic rings. The number of anilines is 2. The van der Waals surface area contributed by atoms with Crippen molar-refractivity contribution in [3.63, 3.8) is 0 Å². The minimum absolute atomic E-state index is 0.0881. The molecule has 2 aromatic carbocycles. The Hall–Kier alpha value is -3.69. The quantitative estimate of drug-likeness (QED) is 0.355. The summed E-state index contributed by atoms with van der Waals surface area (Å²) < 4.78 is 13.2. The molecule has 0 fully saturated rings. The van der Waals surface area contributed by atoms with E-state index in [9.17, 15) is 24.1 Å². The largest absolute Gasteiger partial charge is 0.338 e. The third-order valence-electron chi connectivity index (χ3n) is 3.89. The molecule has 0 aromatic heterocycles. The van der Waals surface area contributed by atoms with Crippen LogP contribution < -0.4 is 20.9 Å². The molecule has 0 aliphatic rings. The molecule has 29 heavy (non-hydrogen) atoms. The number of nitrogens with one attached hydrogen (secondary N) is 3. The van der Waals surface area contributed by atoms with E-state index in [2.05, 4.69) is 16.0 Å². The Balaban J connectivity index is 2.05. The number of carbonyl (C=O) groups excluding carboxylic acids is 2. The number of non-ortho nitro benzene ring substituents is 1. The van der Waals surface area contributed by atoms with Gasteiger partial charge in [-0.2, -0.15) is 0 Å². The summed E-state index contributed by atoms with van der Waals surface area (Å²) in [5.74, 6) is -0.428. The first kappa shape index (κ1) is 21.6. The Morgan fingerprint density at radius 1 is 1.07 bits per heavy atom. The van der Waals surface area contributed by atoms with Crippen LogP contribution in [0.3, 0.4) is 0 Å². The predicted octanol–water partition coefficient (Wildman–Crippen LogP) is 3.48. The first-order valence-corrected chi connectivity index (χ1v) is 9.01. The maximum absolute atomic E-state index is 13.2. The molecule has 2 rings (SSSR count). The lowest BCUT2D eigenvalue weighted by Gasteiger charge is -2.23. The minimum Gasteiger partial charge on any atom is -0.338 e. The van der Waals surface area contributed by atoms with E-state index in [1.54, 1.807) is 6.92 Å². The van der Waals surface area contributed by atoms with Gasteiger partial charge in [-0.15, -0.1) is 0 Å². The maximum Gasteiger partial charge on any atom is 0.326 e. The maximum atomic E-state index is 13.2. The van der Waals surface area contributed by atoms with Crippen molar-refractivity contribution in [1.29, 1.82) is 0 Å². The summed E-state index contributed by atoms with van der Waals surface area (Å²) >= 11 is 0. The normalized spacial score (nSPS) is 10.1. The monoisotopic (exact) mass is 403 g/mol. The molecule has 0 radical (unpaired) electrons. The molecule has 0 unspecified atom stereocenters. The van der Waals surface area contributed by atoms with Crippen LogP contribution in [0.25, 0.3) is 0 Å². The number of nitrogens with zero attached hydrogens (tertiary/aromatic N) is 2. The second kappa shape index (κ2) is 10.6. The molecule has 154 valence electrons. The summed E-state index contributed by atoms with van der Waals surface area (Å²) in [7, 11) is 0. The SMILES string of the molecule is CCNC(=O)NCCCN(C(=O)Nc1ccc([N+](=O)[O-])cc1)c1ccc(F)cc1. The summed E-state index contributed by atoms with van der Waals surface area (Å²) in [5, 5.41) is 18.7. The molecule has 0 saturated carbocycles. The van der Waals surface area contributed by atoms with Gasteiger partial charge in [-0.05, 0) is 49.7 Å². The van der Waals surface area contributed by atoms with Gasteiger partial charge in [0, 0.05) is 43.1 Å². The number of nitro groups is 1. The third kappa shape index (κ3) is 6.76. The van der Waals surface area contributed by atoms with E-state index >= 15 is 0 Å². The number of hydrogen-bond acceptors (Lipinski definition) is 4. The van der Waals surface area contributed by atoms with E-state index in [4.69, 9.17) is 0 Å². The fourth-order valence-corrected chi connectivity index (χ4v) is 2.49. The first-order valence-electron chi connectivity index (χ1n) is 9.01. The number of amides is 4. The number of nitro benzene ring substituents is 1. The number of hydrogen-bond donors (Lipinski definition) is 3. The summed E-state index contributed by atoms with van der Waals surface area (Å²) in [4.78, 5) is 35.8. The Labute approximate surface area is 167 Å². The van der Waals surface area contributed by atoms with Crippen LogP contribution in [0.15, 0.2) is 48.5 Å². The van der Waals surface area contributed by atoms with Crippen LogP contribution in [0.5, 0.6) is 0 Å². The van der Waals surface area contributed by atoms with Gasteiger partial charge in [0.15, 0.2) is 0 Å². The van der Waals surface area contributed by atoms with E-state index in [0.717, 1.165) is 0 Å². The molecule has 0 heterocycles. The van der Waals surface area contributed by atoms with Gasteiger partial charge >= 0.3 is 12.1 Å². The lowest BCUT2D eigenvalue weighted by atomic mass is 10.2. The highest BCUT2D eigenvalue weighted by atomic mass is 19.1. The fourth-order valence-electron chi connectivity index (χ4n) is 2.49. The van der Waals surface area contributed by atoms with Crippen LogP contribution >= 0.6 is 0 Å². The Kier molecular flexibility index (Phi) is 7.89. The number of carbonyl (C=O) groups is 2. The van der Waals surface area contributed by atoms with Crippen molar-refractivity contribution in [2.75, 3.05) is 29.9 Å². The zero-order chi connectivity index (χ0) is 21.2. The van der Waals surface area contributed by atoms with Crippen molar-refractivity contribution in [3.05, 3.63) is 64.5 Å². The topological polar surface area (TPSA) is 117 Å². The molecule has 0 aliphatic heterocycles. The molecule has 10 heteroatoms. The lowest BCUT2D eigenvalue weighted by Crippen LogP contribution is -2.39. The van der Waals surface area contributed by atoms with Crippen LogP contribution in [0.4, 0.5) is 31.0 Å². The Morgan fingerprint density at radius 2 is 1.72 bits per heavy atom. The summed E-state index contributed by atoms with van der Waals surface area (Å²) in [6, 6.07) is 10.1. The molecule has 3 N–H and O–H groups in total. The van der Waals surface area contributed by atoms with E-state index in [1.165, 1.54) is 53.4 Å². The second-order valence-corrected chi connectivity index (χ2v) is 6.00. The molecule has 9 nitrogen and oxygen atoms in total. The molecular formula is C19H22FN5O4. The van der Waals surface area contributed by atoms with Crippen LogP contribution in [-0.4, -0.2) is 36.6 Å². The van der Waals surface area contributed by atoms with Crippen molar-refractivity contribution in [1.82, 2.24) is 10.6 Å². The summed E-state index contributed by atoms with van der Waals surface area (Å²) in [5.41, 5.74) is 0.770. The van der Waals surface area contributed by atoms with Crippen molar-refractivity contribution >= 4 is 29.1 Å². The van der Waals surface area contributed by atoms with Gasteiger partial charge < -0.3 is 16.0 Å². The van der Waals surface area contributed by atoms with Crippen LogP contribution in [0, 0.1) is 15.9 Å². The van der Waals surface area contributed by atoms with Gasteiger partial charge in [-0.25, -0.2) is 14.0 Å². The van der Waals surface area contributed by atoms with Crippen LogP contribution in [-0.2, 0) is 0 Å². The summed E-state index contributed by atoms with van der Waals surface area (Å²) in [6.07, 6.45) is 0.461. The minimum atomic E-state index is -0.530. The number of urea groups is 2. The van der Waals surface area contributed by atoms with Gasteiger partial charge in [0.05, 0.1) is 4.92 Å². The Bertz CT molecular complexity index is 843. The van der Waals surface area contributed by atoms with E-state index < -0.39 is 16.8 Å². The highest BCUT2D eigenvalue weighted by Crippen LogP contribution is 2.19. The van der Waals surface area contributed by atoms with Gasteiger partial charge in [0.1, 0.15) is 5.82 Å².